The zero-order valence-electron chi connectivity index (χ0n) is 18.6. The summed E-state index contributed by atoms with van der Waals surface area (Å²) in [6.07, 6.45) is 0. The summed E-state index contributed by atoms with van der Waals surface area (Å²) >= 11 is 0. The normalized spacial score (nSPS) is 18.8. The Labute approximate surface area is 175 Å². The Bertz CT molecular complexity index is 1100. The first-order valence-corrected chi connectivity index (χ1v) is 13.8. The summed E-state index contributed by atoms with van der Waals surface area (Å²) in [6.45, 7) is 13.4. The second-order valence-corrected chi connectivity index (χ2v) is 14.6. The van der Waals surface area contributed by atoms with Crippen LogP contribution in [0.2, 0.25) is 24.2 Å². The third kappa shape index (κ3) is 2.83. The summed E-state index contributed by atoms with van der Waals surface area (Å²) in [5.41, 5.74) is 6.07. The van der Waals surface area contributed by atoms with E-state index in [2.05, 4.69) is 77.9 Å². The Morgan fingerprint density at radius 2 is 1.62 bits per heavy atom. The standard InChI is InChI=1S/C25H32N2OSi/c1-7-29(8-2,9-3)16-25(6)20-13-11-10-12-19(20)23-26-21-14-17(4)18(5)15-22(21)27(23)24(25)28/h10-15H,7-9,16H2,1-6H3. The van der Waals surface area contributed by atoms with Crippen molar-refractivity contribution in [2.75, 3.05) is 0 Å². The highest BCUT2D eigenvalue weighted by atomic mass is 28.3. The molecule has 29 heavy (non-hydrogen) atoms. The lowest BCUT2D eigenvalue weighted by Crippen LogP contribution is -2.48. The minimum atomic E-state index is -1.53. The molecule has 0 saturated heterocycles. The van der Waals surface area contributed by atoms with Crippen molar-refractivity contribution < 1.29 is 4.79 Å². The SMILES string of the molecule is CC[Si](CC)(CC)CC1(C)C(=O)n2c(nc3cc(C)c(C)cc32)-c2ccccc21. The van der Waals surface area contributed by atoms with Gasteiger partial charge in [-0.2, -0.15) is 0 Å². The van der Waals surface area contributed by atoms with Crippen LogP contribution in [0.3, 0.4) is 0 Å². The molecule has 2 aromatic carbocycles. The molecule has 0 amide bonds. The van der Waals surface area contributed by atoms with Crippen molar-refractivity contribution in [1.82, 2.24) is 9.55 Å². The minimum Gasteiger partial charge on any atom is -0.273 e. The van der Waals surface area contributed by atoms with Crippen molar-refractivity contribution in [3.63, 3.8) is 0 Å². The molecule has 0 aliphatic carbocycles. The zero-order valence-corrected chi connectivity index (χ0v) is 19.6. The average Bonchev–Trinajstić information content (AvgIpc) is 3.09. The maximum atomic E-state index is 14.1. The van der Waals surface area contributed by atoms with Crippen LogP contribution in [0.4, 0.5) is 0 Å². The Hall–Kier alpha value is -2.20. The molecule has 4 heteroatoms. The number of benzene rings is 2. The third-order valence-corrected chi connectivity index (χ3v) is 13.6. The molecule has 0 saturated carbocycles. The summed E-state index contributed by atoms with van der Waals surface area (Å²) in [5.74, 6) is 1.00. The van der Waals surface area contributed by atoms with E-state index in [9.17, 15) is 4.79 Å². The highest BCUT2D eigenvalue weighted by Crippen LogP contribution is 2.47. The van der Waals surface area contributed by atoms with Gasteiger partial charge in [-0.15, -0.1) is 0 Å². The van der Waals surface area contributed by atoms with Gasteiger partial charge < -0.3 is 0 Å². The quantitative estimate of drug-likeness (QED) is 0.441. The summed E-state index contributed by atoms with van der Waals surface area (Å²) in [7, 11) is -1.53. The van der Waals surface area contributed by atoms with E-state index in [1.54, 1.807) is 0 Å². The fourth-order valence-corrected chi connectivity index (χ4v) is 9.38. The fraction of sp³-hybridized carbons (Fsp3) is 0.440. The van der Waals surface area contributed by atoms with Crippen LogP contribution in [0, 0.1) is 13.8 Å². The highest BCUT2D eigenvalue weighted by Gasteiger charge is 2.48. The molecular formula is C25H32N2OSi. The van der Waals surface area contributed by atoms with Gasteiger partial charge in [-0.05, 0) is 55.6 Å². The van der Waals surface area contributed by atoms with Gasteiger partial charge in [-0.25, -0.2) is 4.98 Å². The van der Waals surface area contributed by atoms with E-state index >= 15 is 0 Å². The first kappa shape index (κ1) is 20.1. The number of carbonyl (C=O) groups is 1. The molecule has 2 heterocycles. The van der Waals surface area contributed by atoms with Crippen LogP contribution in [-0.4, -0.2) is 23.5 Å². The van der Waals surface area contributed by atoms with Crippen molar-refractivity contribution in [2.45, 2.75) is 71.1 Å². The van der Waals surface area contributed by atoms with E-state index in [0.29, 0.717) is 0 Å². The number of aryl methyl sites for hydroxylation is 2. The molecule has 1 aliphatic rings. The van der Waals surface area contributed by atoms with Gasteiger partial charge in [0.25, 0.3) is 0 Å². The second-order valence-electron chi connectivity index (χ2n) is 9.12. The van der Waals surface area contributed by atoms with Crippen LogP contribution >= 0.6 is 0 Å². The summed E-state index contributed by atoms with van der Waals surface area (Å²) in [6, 6.07) is 17.4. The first-order valence-electron chi connectivity index (χ1n) is 10.9. The smallest absolute Gasteiger partial charge is 0.242 e. The van der Waals surface area contributed by atoms with E-state index < -0.39 is 13.5 Å². The third-order valence-electron chi connectivity index (χ3n) is 7.69. The Morgan fingerprint density at radius 3 is 2.28 bits per heavy atom. The van der Waals surface area contributed by atoms with Crippen LogP contribution in [0.25, 0.3) is 22.4 Å². The number of rotatable bonds is 5. The lowest BCUT2D eigenvalue weighted by Gasteiger charge is -2.41. The Kier molecular flexibility index (Phi) is 4.81. The van der Waals surface area contributed by atoms with Crippen LogP contribution in [-0.2, 0) is 5.41 Å². The Morgan fingerprint density at radius 1 is 1.00 bits per heavy atom. The molecule has 1 aliphatic heterocycles. The van der Waals surface area contributed by atoms with Gasteiger partial charge in [-0.3, -0.25) is 9.36 Å². The largest absolute Gasteiger partial charge is 0.273 e. The van der Waals surface area contributed by atoms with Crippen molar-refractivity contribution in [1.29, 1.82) is 0 Å². The number of fused-ring (bicyclic) bond motifs is 5. The summed E-state index contributed by atoms with van der Waals surface area (Å²) in [5, 5.41) is 0. The van der Waals surface area contributed by atoms with Gasteiger partial charge >= 0.3 is 0 Å². The molecule has 1 aromatic heterocycles. The number of hydrogen-bond donors (Lipinski definition) is 0. The van der Waals surface area contributed by atoms with Crippen LogP contribution in [0.5, 0.6) is 0 Å². The van der Waals surface area contributed by atoms with Crippen molar-refractivity contribution in [3.8, 4) is 11.4 Å². The molecule has 0 fully saturated rings. The van der Waals surface area contributed by atoms with Gasteiger partial charge in [0.2, 0.25) is 5.91 Å². The number of aromatic nitrogens is 2. The number of carbonyl (C=O) groups excluding carboxylic acids is 1. The molecule has 152 valence electrons. The van der Waals surface area contributed by atoms with E-state index in [-0.39, 0.29) is 5.91 Å². The number of imidazole rings is 1. The number of hydrogen-bond acceptors (Lipinski definition) is 2. The predicted octanol–water partition coefficient (Wildman–Crippen LogP) is 6.74. The van der Waals surface area contributed by atoms with Crippen molar-refractivity contribution in [3.05, 3.63) is 53.1 Å². The van der Waals surface area contributed by atoms with Crippen molar-refractivity contribution >= 4 is 25.0 Å². The van der Waals surface area contributed by atoms with Gasteiger partial charge in [0.05, 0.1) is 24.5 Å². The maximum Gasteiger partial charge on any atom is 0.242 e. The molecule has 3 nitrogen and oxygen atoms in total. The monoisotopic (exact) mass is 404 g/mol. The predicted molar refractivity (Wildman–Crippen MR) is 125 cm³/mol. The lowest BCUT2D eigenvalue weighted by atomic mass is 9.78. The molecule has 1 unspecified atom stereocenters. The maximum absolute atomic E-state index is 14.1. The fourth-order valence-electron chi connectivity index (χ4n) is 5.29. The molecule has 1 atom stereocenters. The molecule has 4 rings (SSSR count). The first-order chi connectivity index (χ1) is 13.8. The molecule has 0 spiro atoms. The minimum absolute atomic E-state index is 0.198. The summed E-state index contributed by atoms with van der Waals surface area (Å²) < 4.78 is 1.92. The summed E-state index contributed by atoms with van der Waals surface area (Å²) in [4.78, 5) is 19.1. The van der Waals surface area contributed by atoms with Crippen LogP contribution < -0.4 is 0 Å². The Balaban J connectivity index is 2.01. The lowest BCUT2D eigenvalue weighted by molar-refractivity contribution is 0.0822. The van der Waals surface area contributed by atoms with E-state index in [1.165, 1.54) is 29.3 Å². The molecule has 0 N–H and O–H groups in total. The zero-order chi connectivity index (χ0) is 21.0. The van der Waals surface area contributed by atoms with E-state index in [0.717, 1.165) is 34.0 Å². The van der Waals surface area contributed by atoms with E-state index in [4.69, 9.17) is 4.98 Å². The number of nitrogens with zero attached hydrogens (tertiary/aromatic N) is 2. The highest BCUT2D eigenvalue weighted by molar-refractivity contribution is 6.80. The molecule has 3 aromatic rings. The van der Waals surface area contributed by atoms with Gasteiger partial charge in [0.1, 0.15) is 5.82 Å². The second kappa shape index (κ2) is 6.94. The molecule has 0 bridgehead atoms. The van der Waals surface area contributed by atoms with Gasteiger partial charge in [0.15, 0.2) is 0 Å². The molecular weight excluding hydrogens is 372 g/mol. The average molecular weight is 405 g/mol. The van der Waals surface area contributed by atoms with E-state index in [1.807, 2.05) is 4.57 Å². The van der Waals surface area contributed by atoms with Gasteiger partial charge in [-0.1, -0.05) is 63.2 Å². The van der Waals surface area contributed by atoms with Gasteiger partial charge in [0, 0.05) is 5.56 Å². The topological polar surface area (TPSA) is 34.9 Å². The van der Waals surface area contributed by atoms with Crippen LogP contribution in [0.1, 0.15) is 49.2 Å². The van der Waals surface area contributed by atoms with Crippen molar-refractivity contribution in [2.24, 2.45) is 0 Å². The van der Waals surface area contributed by atoms with Crippen LogP contribution in [0.15, 0.2) is 36.4 Å². The molecule has 0 radical (unpaired) electrons.